The average molecular weight is 297 g/mol. The van der Waals surface area contributed by atoms with Crippen LogP contribution in [0.2, 0.25) is 0 Å². The van der Waals surface area contributed by atoms with Crippen LogP contribution in [-0.2, 0) is 15.7 Å². The Labute approximate surface area is 117 Å². The van der Waals surface area contributed by atoms with Gasteiger partial charge in [0.15, 0.2) is 0 Å². The Hall–Kier alpha value is -1.52. The lowest BCUT2D eigenvalue weighted by Crippen LogP contribution is -1.96. The van der Waals surface area contributed by atoms with Gasteiger partial charge >= 0.3 is 0 Å². The summed E-state index contributed by atoms with van der Waals surface area (Å²) >= 11 is 0. The Bertz CT molecular complexity index is 663. The van der Waals surface area contributed by atoms with Crippen LogP contribution in [0.4, 0.5) is 0 Å². The lowest BCUT2D eigenvalue weighted by molar-refractivity contribution is 0.306. The summed E-state index contributed by atoms with van der Waals surface area (Å²) in [5.41, 5.74) is 2.23. The normalized spacial score (nSPS) is 11.3. The average Bonchev–Trinajstić information content (AvgIpc) is 2.36. The first-order valence-electron chi connectivity index (χ1n) is 5.68. The molecular formula is C14H13ClO3S. The molecule has 0 heterocycles. The van der Waals surface area contributed by atoms with E-state index in [1.165, 1.54) is 17.7 Å². The van der Waals surface area contributed by atoms with Gasteiger partial charge in [0.25, 0.3) is 9.05 Å². The van der Waals surface area contributed by atoms with Gasteiger partial charge < -0.3 is 4.74 Å². The van der Waals surface area contributed by atoms with Crippen LogP contribution in [0.25, 0.3) is 0 Å². The van der Waals surface area contributed by atoms with Crippen LogP contribution in [-0.4, -0.2) is 8.42 Å². The lowest BCUT2D eigenvalue weighted by Gasteiger charge is -2.07. The highest BCUT2D eigenvalue weighted by Crippen LogP contribution is 2.19. The van der Waals surface area contributed by atoms with E-state index in [1.54, 1.807) is 12.1 Å². The zero-order valence-electron chi connectivity index (χ0n) is 10.3. The standard InChI is InChI=1S/C14H13ClO3S/c1-11-3-2-4-12(9-11)10-18-13-5-7-14(8-6-13)19(15,16)17/h2-9H,10H2,1H3. The summed E-state index contributed by atoms with van der Waals surface area (Å²) in [6.45, 7) is 2.46. The van der Waals surface area contributed by atoms with Crippen molar-refractivity contribution in [3.05, 3.63) is 59.7 Å². The van der Waals surface area contributed by atoms with Crippen molar-refractivity contribution in [3.63, 3.8) is 0 Å². The number of rotatable bonds is 4. The van der Waals surface area contributed by atoms with E-state index in [4.69, 9.17) is 15.4 Å². The number of aryl methyl sites for hydroxylation is 1. The number of hydrogen-bond donors (Lipinski definition) is 0. The topological polar surface area (TPSA) is 43.4 Å². The molecule has 100 valence electrons. The zero-order chi connectivity index (χ0) is 13.9. The summed E-state index contributed by atoms with van der Waals surface area (Å²) in [7, 11) is 1.56. The zero-order valence-corrected chi connectivity index (χ0v) is 11.9. The Morgan fingerprint density at radius 1 is 1.11 bits per heavy atom. The molecule has 0 atom stereocenters. The maximum Gasteiger partial charge on any atom is 0.261 e. The number of ether oxygens (including phenoxy) is 1. The minimum absolute atomic E-state index is 0.0667. The fourth-order valence-corrected chi connectivity index (χ4v) is 2.44. The summed E-state index contributed by atoms with van der Waals surface area (Å²) in [4.78, 5) is 0.0667. The molecule has 2 rings (SSSR count). The Morgan fingerprint density at radius 3 is 2.37 bits per heavy atom. The monoisotopic (exact) mass is 296 g/mol. The van der Waals surface area contributed by atoms with Crippen LogP contribution in [0.15, 0.2) is 53.4 Å². The molecule has 2 aromatic rings. The smallest absolute Gasteiger partial charge is 0.261 e. The van der Waals surface area contributed by atoms with Crippen LogP contribution in [0.1, 0.15) is 11.1 Å². The second-order valence-corrected chi connectivity index (χ2v) is 6.75. The molecular weight excluding hydrogens is 284 g/mol. The largest absolute Gasteiger partial charge is 0.489 e. The van der Waals surface area contributed by atoms with E-state index in [0.717, 1.165) is 5.56 Å². The second-order valence-electron chi connectivity index (χ2n) is 4.19. The molecule has 0 saturated heterocycles. The highest BCUT2D eigenvalue weighted by Gasteiger charge is 2.09. The Morgan fingerprint density at radius 2 is 1.79 bits per heavy atom. The van der Waals surface area contributed by atoms with E-state index in [0.29, 0.717) is 12.4 Å². The summed E-state index contributed by atoms with van der Waals surface area (Å²) < 4.78 is 27.7. The van der Waals surface area contributed by atoms with Crippen LogP contribution in [0.5, 0.6) is 5.75 Å². The maximum absolute atomic E-state index is 11.1. The van der Waals surface area contributed by atoms with Gasteiger partial charge in [-0.2, -0.15) is 0 Å². The number of halogens is 1. The van der Waals surface area contributed by atoms with Gasteiger partial charge in [-0.05, 0) is 36.8 Å². The molecule has 0 radical (unpaired) electrons. The molecule has 0 unspecified atom stereocenters. The predicted molar refractivity (Wildman–Crippen MR) is 75.0 cm³/mol. The van der Waals surface area contributed by atoms with Crippen molar-refractivity contribution in [1.29, 1.82) is 0 Å². The molecule has 0 N–H and O–H groups in total. The highest BCUT2D eigenvalue weighted by molar-refractivity contribution is 8.13. The Kier molecular flexibility index (Phi) is 4.12. The summed E-state index contributed by atoms with van der Waals surface area (Å²) in [6, 6.07) is 14.0. The van der Waals surface area contributed by atoms with Gasteiger partial charge in [-0.3, -0.25) is 0 Å². The van der Waals surface area contributed by atoms with Crippen molar-refractivity contribution < 1.29 is 13.2 Å². The van der Waals surface area contributed by atoms with Gasteiger partial charge in [-0.25, -0.2) is 8.42 Å². The van der Waals surface area contributed by atoms with Crippen molar-refractivity contribution in [3.8, 4) is 5.75 Å². The maximum atomic E-state index is 11.1. The van der Waals surface area contributed by atoms with Gasteiger partial charge in [-0.15, -0.1) is 0 Å². The lowest BCUT2D eigenvalue weighted by atomic mass is 10.1. The minimum atomic E-state index is -3.68. The summed E-state index contributed by atoms with van der Waals surface area (Å²) in [5, 5.41) is 0. The van der Waals surface area contributed by atoms with Gasteiger partial charge in [0.2, 0.25) is 0 Å². The first kappa shape index (κ1) is 13.9. The number of benzene rings is 2. The Balaban J connectivity index is 2.05. The van der Waals surface area contributed by atoms with Crippen molar-refractivity contribution in [2.45, 2.75) is 18.4 Å². The quantitative estimate of drug-likeness (QED) is 0.811. The molecule has 19 heavy (non-hydrogen) atoms. The van der Waals surface area contributed by atoms with Crippen LogP contribution in [0, 0.1) is 6.92 Å². The molecule has 0 bridgehead atoms. The van der Waals surface area contributed by atoms with Gasteiger partial charge in [0.05, 0.1) is 4.90 Å². The second kappa shape index (κ2) is 5.63. The molecule has 0 aliphatic carbocycles. The van der Waals surface area contributed by atoms with E-state index in [1.807, 2.05) is 31.2 Å². The van der Waals surface area contributed by atoms with E-state index in [9.17, 15) is 8.42 Å². The third kappa shape index (κ3) is 3.98. The van der Waals surface area contributed by atoms with Crippen molar-refractivity contribution in [2.24, 2.45) is 0 Å². The molecule has 0 aliphatic heterocycles. The summed E-state index contributed by atoms with van der Waals surface area (Å²) in [6.07, 6.45) is 0. The van der Waals surface area contributed by atoms with E-state index < -0.39 is 9.05 Å². The number of hydrogen-bond acceptors (Lipinski definition) is 3. The van der Waals surface area contributed by atoms with Gasteiger partial charge in [0, 0.05) is 10.7 Å². The van der Waals surface area contributed by atoms with E-state index >= 15 is 0 Å². The molecule has 0 aliphatic rings. The fraction of sp³-hybridized carbons (Fsp3) is 0.143. The molecule has 3 nitrogen and oxygen atoms in total. The van der Waals surface area contributed by atoms with Crippen LogP contribution in [0.3, 0.4) is 0 Å². The predicted octanol–water partition coefficient (Wildman–Crippen LogP) is 3.50. The minimum Gasteiger partial charge on any atom is -0.489 e. The molecule has 0 aromatic heterocycles. The van der Waals surface area contributed by atoms with E-state index in [-0.39, 0.29) is 4.90 Å². The first-order chi connectivity index (χ1) is 8.95. The fourth-order valence-electron chi connectivity index (χ4n) is 1.67. The molecule has 5 heteroatoms. The van der Waals surface area contributed by atoms with Gasteiger partial charge in [0.1, 0.15) is 12.4 Å². The van der Waals surface area contributed by atoms with Crippen LogP contribution >= 0.6 is 10.7 Å². The SMILES string of the molecule is Cc1cccc(COc2ccc(S(=O)(=O)Cl)cc2)c1. The highest BCUT2D eigenvalue weighted by atomic mass is 35.7. The molecule has 0 fully saturated rings. The molecule has 0 saturated carbocycles. The third-order valence-electron chi connectivity index (χ3n) is 2.59. The van der Waals surface area contributed by atoms with Gasteiger partial charge in [-0.1, -0.05) is 29.8 Å². The first-order valence-corrected chi connectivity index (χ1v) is 7.99. The molecule has 0 spiro atoms. The van der Waals surface area contributed by atoms with Crippen LogP contribution < -0.4 is 4.74 Å². The molecule has 2 aromatic carbocycles. The third-order valence-corrected chi connectivity index (χ3v) is 3.96. The summed E-state index contributed by atoms with van der Waals surface area (Å²) in [5.74, 6) is 0.602. The molecule has 0 amide bonds. The van der Waals surface area contributed by atoms with Crippen molar-refractivity contribution >= 4 is 19.7 Å². The van der Waals surface area contributed by atoms with Crippen molar-refractivity contribution in [2.75, 3.05) is 0 Å². The van der Waals surface area contributed by atoms with Crippen molar-refractivity contribution in [1.82, 2.24) is 0 Å². The van der Waals surface area contributed by atoms with E-state index in [2.05, 4.69) is 0 Å².